The van der Waals surface area contributed by atoms with E-state index in [4.69, 9.17) is 16.3 Å². The van der Waals surface area contributed by atoms with Gasteiger partial charge in [-0.25, -0.2) is 0 Å². The van der Waals surface area contributed by atoms with E-state index in [-0.39, 0.29) is 29.0 Å². The third kappa shape index (κ3) is 4.34. The maximum atomic E-state index is 12.3. The summed E-state index contributed by atoms with van der Waals surface area (Å²) in [5.74, 6) is 0.290. The third-order valence-electron chi connectivity index (χ3n) is 3.34. The van der Waals surface area contributed by atoms with Crippen molar-refractivity contribution in [2.45, 2.75) is 32.7 Å². The molecule has 0 spiro atoms. The Morgan fingerprint density at radius 1 is 1.50 bits per heavy atom. The van der Waals surface area contributed by atoms with Gasteiger partial charge < -0.3 is 9.64 Å². The van der Waals surface area contributed by atoms with Crippen LogP contribution in [0, 0.1) is 16.0 Å². The molecule has 1 amide bonds. The Labute approximate surface area is 134 Å². The first-order valence-corrected chi connectivity index (χ1v) is 7.62. The molecule has 1 aromatic rings. The van der Waals surface area contributed by atoms with Crippen molar-refractivity contribution >= 4 is 23.2 Å². The first kappa shape index (κ1) is 16.5. The number of amides is 1. The standard InChI is InChI=1S/C15H19ClN2O4/c1-10(2)8-17(12-4-5-12)15(19)9-22-14-6-3-11(16)7-13(14)18(20)21/h3,6-7,10,12H,4-5,8-9H2,1-2H3. The van der Waals surface area contributed by atoms with Crippen LogP contribution in [0.2, 0.25) is 5.02 Å². The maximum absolute atomic E-state index is 12.3. The molecular weight excluding hydrogens is 308 g/mol. The summed E-state index contributed by atoms with van der Waals surface area (Å²) >= 11 is 5.75. The number of nitrogens with zero attached hydrogens (tertiary/aromatic N) is 2. The van der Waals surface area contributed by atoms with E-state index in [1.165, 1.54) is 18.2 Å². The van der Waals surface area contributed by atoms with Gasteiger partial charge in [0, 0.05) is 23.7 Å². The van der Waals surface area contributed by atoms with Crippen molar-refractivity contribution in [2.75, 3.05) is 13.2 Å². The van der Waals surface area contributed by atoms with Crippen LogP contribution in [0.3, 0.4) is 0 Å². The molecule has 120 valence electrons. The molecule has 1 fully saturated rings. The van der Waals surface area contributed by atoms with Gasteiger partial charge in [-0.05, 0) is 30.9 Å². The minimum absolute atomic E-state index is 0.0584. The summed E-state index contributed by atoms with van der Waals surface area (Å²) in [7, 11) is 0. The number of carbonyl (C=O) groups excluding carboxylic acids is 1. The van der Waals surface area contributed by atoms with Crippen molar-refractivity contribution in [1.82, 2.24) is 4.90 Å². The van der Waals surface area contributed by atoms with Gasteiger partial charge in [-0.1, -0.05) is 25.4 Å². The summed E-state index contributed by atoms with van der Waals surface area (Å²) in [4.78, 5) is 24.5. The molecule has 0 aromatic heterocycles. The van der Waals surface area contributed by atoms with Crippen LogP contribution in [0.15, 0.2) is 18.2 Å². The van der Waals surface area contributed by atoms with Crippen LogP contribution in [-0.2, 0) is 4.79 Å². The van der Waals surface area contributed by atoms with Crippen molar-refractivity contribution in [3.63, 3.8) is 0 Å². The Kier molecular flexibility index (Phi) is 5.24. The van der Waals surface area contributed by atoms with Gasteiger partial charge in [-0.2, -0.15) is 0 Å². The minimum Gasteiger partial charge on any atom is -0.477 e. The van der Waals surface area contributed by atoms with Crippen molar-refractivity contribution < 1.29 is 14.5 Å². The SMILES string of the molecule is CC(C)CN(C(=O)COc1ccc(Cl)cc1[N+](=O)[O-])C1CC1. The van der Waals surface area contributed by atoms with Gasteiger partial charge in [-0.3, -0.25) is 14.9 Å². The van der Waals surface area contributed by atoms with Crippen LogP contribution in [0.4, 0.5) is 5.69 Å². The Morgan fingerprint density at radius 2 is 2.18 bits per heavy atom. The second-order valence-electron chi connectivity index (χ2n) is 5.83. The normalized spacial score (nSPS) is 14.0. The average molecular weight is 327 g/mol. The molecule has 0 radical (unpaired) electrons. The third-order valence-corrected chi connectivity index (χ3v) is 3.57. The zero-order valence-electron chi connectivity index (χ0n) is 12.6. The van der Waals surface area contributed by atoms with Crippen molar-refractivity contribution in [1.29, 1.82) is 0 Å². The number of rotatable bonds is 7. The molecule has 0 heterocycles. The van der Waals surface area contributed by atoms with Crippen LogP contribution in [0.1, 0.15) is 26.7 Å². The van der Waals surface area contributed by atoms with Gasteiger partial charge in [-0.15, -0.1) is 0 Å². The zero-order chi connectivity index (χ0) is 16.3. The van der Waals surface area contributed by atoms with E-state index >= 15 is 0 Å². The van der Waals surface area contributed by atoms with Gasteiger partial charge in [0.15, 0.2) is 12.4 Å². The zero-order valence-corrected chi connectivity index (χ0v) is 13.4. The predicted octanol–water partition coefficient (Wildman–Crippen LogP) is 3.27. The van der Waals surface area contributed by atoms with Crippen molar-refractivity contribution in [3.8, 4) is 5.75 Å². The molecule has 0 atom stereocenters. The number of nitro benzene ring substituents is 1. The largest absolute Gasteiger partial charge is 0.477 e. The number of hydrogen-bond acceptors (Lipinski definition) is 4. The fourth-order valence-electron chi connectivity index (χ4n) is 2.21. The van der Waals surface area contributed by atoms with Gasteiger partial charge in [0.05, 0.1) is 4.92 Å². The van der Waals surface area contributed by atoms with E-state index in [1.54, 1.807) is 0 Å². The van der Waals surface area contributed by atoms with Gasteiger partial charge in [0.1, 0.15) is 0 Å². The van der Waals surface area contributed by atoms with E-state index in [0.29, 0.717) is 18.5 Å². The number of halogens is 1. The van der Waals surface area contributed by atoms with Crippen LogP contribution in [-0.4, -0.2) is 34.9 Å². The molecular formula is C15H19ClN2O4. The molecule has 1 saturated carbocycles. The lowest BCUT2D eigenvalue weighted by molar-refractivity contribution is -0.385. The fraction of sp³-hybridized carbons (Fsp3) is 0.533. The van der Waals surface area contributed by atoms with Gasteiger partial charge in [0.2, 0.25) is 0 Å². The van der Waals surface area contributed by atoms with Crippen LogP contribution >= 0.6 is 11.6 Å². The first-order chi connectivity index (χ1) is 10.4. The highest BCUT2D eigenvalue weighted by molar-refractivity contribution is 6.30. The predicted molar refractivity (Wildman–Crippen MR) is 83.2 cm³/mol. The molecule has 1 aromatic carbocycles. The molecule has 2 rings (SSSR count). The lowest BCUT2D eigenvalue weighted by atomic mass is 10.2. The highest BCUT2D eigenvalue weighted by atomic mass is 35.5. The van der Waals surface area contributed by atoms with E-state index < -0.39 is 4.92 Å². The van der Waals surface area contributed by atoms with Crippen LogP contribution < -0.4 is 4.74 Å². The molecule has 0 N–H and O–H groups in total. The molecule has 22 heavy (non-hydrogen) atoms. The molecule has 7 heteroatoms. The number of carbonyl (C=O) groups is 1. The Bertz CT molecular complexity index is 573. The van der Waals surface area contributed by atoms with Crippen LogP contribution in [0.5, 0.6) is 5.75 Å². The Morgan fingerprint density at radius 3 is 2.73 bits per heavy atom. The highest BCUT2D eigenvalue weighted by Crippen LogP contribution is 2.31. The summed E-state index contributed by atoms with van der Waals surface area (Å²) in [6.07, 6.45) is 2.03. The van der Waals surface area contributed by atoms with Crippen molar-refractivity contribution in [2.24, 2.45) is 5.92 Å². The molecule has 0 bridgehead atoms. The van der Waals surface area contributed by atoms with E-state index in [0.717, 1.165) is 12.8 Å². The van der Waals surface area contributed by atoms with E-state index in [2.05, 4.69) is 0 Å². The summed E-state index contributed by atoms with van der Waals surface area (Å²) in [6, 6.07) is 4.42. The summed E-state index contributed by atoms with van der Waals surface area (Å²) in [5.41, 5.74) is -0.234. The summed E-state index contributed by atoms with van der Waals surface area (Å²) in [5, 5.41) is 11.2. The average Bonchev–Trinajstić information content (AvgIpc) is 3.27. The lowest BCUT2D eigenvalue weighted by Gasteiger charge is -2.24. The van der Waals surface area contributed by atoms with E-state index in [1.807, 2.05) is 18.7 Å². The Hall–Kier alpha value is -1.82. The summed E-state index contributed by atoms with van der Waals surface area (Å²) in [6.45, 7) is 4.57. The van der Waals surface area contributed by atoms with Gasteiger partial charge in [0.25, 0.3) is 5.91 Å². The number of benzene rings is 1. The maximum Gasteiger partial charge on any atom is 0.312 e. The molecule has 0 saturated heterocycles. The van der Waals surface area contributed by atoms with Gasteiger partial charge >= 0.3 is 5.69 Å². The quantitative estimate of drug-likeness (QED) is 0.569. The minimum atomic E-state index is -0.571. The topological polar surface area (TPSA) is 72.7 Å². The second kappa shape index (κ2) is 6.96. The number of ether oxygens (including phenoxy) is 1. The smallest absolute Gasteiger partial charge is 0.312 e. The lowest BCUT2D eigenvalue weighted by Crippen LogP contribution is -2.39. The molecule has 1 aliphatic rings. The summed E-state index contributed by atoms with van der Waals surface area (Å²) < 4.78 is 5.36. The molecule has 1 aliphatic carbocycles. The molecule has 6 nitrogen and oxygen atoms in total. The Balaban J connectivity index is 2.02. The fourth-order valence-corrected chi connectivity index (χ4v) is 2.38. The van der Waals surface area contributed by atoms with Crippen LogP contribution in [0.25, 0.3) is 0 Å². The second-order valence-corrected chi connectivity index (χ2v) is 6.27. The number of nitro groups is 1. The monoisotopic (exact) mass is 326 g/mol. The van der Waals surface area contributed by atoms with Crippen molar-refractivity contribution in [3.05, 3.63) is 33.3 Å². The highest BCUT2D eigenvalue weighted by Gasteiger charge is 2.33. The van der Waals surface area contributed by atoms with E-state index in [9.17, 15) is 14.9 Å². The first-order valence-electron chi connectivity index (χ1n) is 7.24. The molecule has 0 unspecified atom stereocenters. The molecule has 0 aliphatic heterocycles. The number of hydrogen-bond donors (Lipinski definition) is 0.